The Hall–Kier alpha value is -0.120. The Morgan fingerprint density at radius 3 is 2.59 bits per heavy atom. The van der Waals surface area contributed by atoms with Crippen LogP contribution in [0.3, 0.4) is 0 Å². The Balaban J connectivity index is 1.63. The van der Waals surface area contributed by atoms with Crippen molar-refractivity contribution in [1.82, 2.24) is 4.90 Å². The molecule has 3 nitrogen and oxygen atoms in total. The molecule has 2 saturated heterocycles. The first kappa shape index (κ1) is 13.3. The van der Waals surface area contributed by atoms with Gasteiger partial charge in [0.15, 0.2) is 5.79 Å². The second-order valence-electron chi connectivity index (χ2n) is 5.40. The first-order valence-electron chi connectivity index (χ1n) is 7.35. The number of piperidine rings is 1. The van der Waals surface area contributed by atoms with Crippen LogP contribution in [0.5, 0.6) is 0 Å². The lowest BCUT2D eigenvalue weighted by Crippen LogP contribution is -2.49. The summed E-state index contributed by atoms with van der Waals surface area (Å²) < 4.78 is 11.6. The van der Waals surface area contributed by atoms with Gasteiger partial charge < -0.3 is 9.47 Å². The van der Waals surface area contributed by atoms with Crippen molar-refractivity contribution in [3.63, 3.8) is 0 Å². The summed E-state index contributed by atoms with van der Waals surface area (Å²) in [6.45, 7) is 7.26. The summed E-state index contributed by atoms with van der Waals surface area (Å²) in [5, 5.41) is 0. The van der Waals surface area contributed by atoms with E-state index in [9.17, 15) is 0 Å². The number of ether oxygens (including phenoxy) is 2. The van der Waals surface area contributed by atoms with Crippen LogP contribution < -0.4 is 0 Å². The molecule has 0 aromatic heterocycles. The largest absolute Gasteiger partial charge is 0.346 e. The van der Waals surface area contributed by atoms with E-state index < -0.39 is 0 Å². The Morgan fingerprint density at radius 1 is 1.06 bits per heavy atom. The van der Waals surface area contributed by atoms with Crippen molar-refractivity contribution in [2.45, 2.75) is 57.7 Å². The van der Waals surface area contributed by atoms with Gasteiger partial charge in [-0.25, -0.2) is 0 Å². The Bertz CT molecular complexity index is 214. The van der Waals surface area contributed by atoms with Gasteiger partial charge >= 0.3 is 0 Å². The maximum Gasteiger partial charge on any atom is 0.181 e. The van der Waals surface area contributed by atoms with Crippen LogP contribution in [0.4, 0.5) is 0 Å². The van der Waals surface area contributed by atoms with Gasteiger partial charge in [-0.3, -0.25) is 4.90 Å². The maximum atomic E-state index is 5.79. The number of unbranched alkanes of at least 4 members (excludes halogenated alkanes) is 4. The van der Waals surface area contributed by atoms with Crippen molar-refractivity contribution in [2.24, 2.45) is 0 Å². The quantitative estimate of drug-likeness (QED) is 0.667. The minimum atomic E-state index is -0.234. The molecule has 2 aliphatic heterocycles. The average molecular weight is 241 g/mol. The van der Waals surface area contributed by atoms with Gasteiger partial charge in [-0.2, -0.15) is 0 Å². The number of rotatable bonds is 6. The van der Waals surface area contributed by atoms with E-state index >= 15 is 0 Å². The fraction of sp³-hybridized carbons (Fsp3) is 1.00. The molecule has 0 aromatic rings. The van der Waals surface area contributed by atoms with E-state index in [2.05, 4.69) is 11.8 Å². The zero-order chi connectivity index (χ0) is 12.0. The Labute approximate surface area is 105 Å². The maximum absolute atomic E-state index is 5.79. The van der Waals surface area contributed by atoms with E-state index in [1.54, 1.807) is 0 Å². The van der Waals surface area contributed by atoms with Crippen LogP contribution in [-0.2, 0) is 9.47 Å². The topological polar surface area (TPSA) is 21.7 Å². The molecule has 2 heterocycles. The van der Waals surface area contributed by atoms with Crippen LogP contribution >= 0.6 is 0 Å². The third-order valence-electron chi connectivity index (χ3n) is 3.89. The molecule has 0 amide bonds. The molecule has 0 radical (unpaired) electrons. The first-order valence-corrected chi connectivity index (χ1v) is 7.35. The molecular weight excluding hydrogens is 214 g/mol. The highest BCUT2D eigenvalue weighted by Gasteiger charge is 2.40. The number of hydrogen-bond donors (Lipinski definition) is 0. The number of nitrogens with zero attached hydrogens (tertiary/aromatic N) is 1. The number of likely N-dealkylation sites (tertiary alicyclic amines) is 1. The van der Waals surface area contributed by atoms with E-state index in [-0.39, 0.29) is 5.79 Å². The standard InChI is InChI=1S/C14H27NO2/c1-2-3-4-5-6-9-15-10-7-8-14(13-15)16-11-12-17-14/h2-13H2,1H3. The predicted octanol–water partition coefficient (Wildman–Crippen LogP) is 2.80. The average Bonchev–Trinajstić information content (AvgIpc) is 2.77. The fourth-order valence-corrected chi connectivity index (χ4v) is 2.93. The van der Waals surface area contributed by atoms with Gasteiger partial charge in [0, 0.05) is 6.42 Å². The van der Waals surface area contributed by atoms with E-state index in [0.717, 1.165) is 26.2 Å². The second-order valence-corrected chi connectivity index (χ2v) is 5.40. The molecule has 0 aliphatic carbocycles. The third kappa shape index (κ3) is 3.94. The molecule has 2 aliphatic rings. The zero-order valence-electron chi connectivity index (χ0n) is 11.2. The van der Waals surface area contributed by atoms with Crippen LogP contribution in [0.25, 0.3) is 0 Å². The Morgan fingerprint density at radius 2 is 1.82 bits per heavy atom. The normalized spacial score (nSPS) is 24.5. The van der Waals surface area contributed by atoms with Gasteiger partial charge in [0.25, 0.3) is 0 Å². The molecule has 0 N–H and O–H groups in total. The molecule has 0 aromatic carbocycles. The lowest BCUT2D eigenvalue weighted by Gasteiger charge is -2.38. The molecular formula is C14H27NO2. The van der Waals surface area contributed by atoms with Gasteiger partial charge in [0.05, 0.1) is 19.8 Å². The molecule has 100 valence electrons. The van der Waals surface area contributed by atoms with Gasteiger partial charge in [-0.15, -0.1) is 0 Å². The SMILES string of the molecule is CCCCCCCN1CCCC2(C1)OCCO2. The summed E-state index contributed by atoms with van der Waals surface area (Å²) in [4.78, 5) is 2.53. The van der Waals surface area contributed by atoms with Crippen LogP contribution in [0.15, 0.2) is 0 Å². The molecule has 0 bridgehead atoms. The van der Waals surface area contributed by atoms with Crippen LogP contribution in [0, 0.1) is 0 Å². The summed E-state index contributed by atoms with van der Waals surface area (Å²) in [5.74, 6) is -0.234. The van der Waals surface area contributed by atoms with Crippen LogP contribution in [-0.4, -0.2) is 43.5 Å². The monoisotopic (exact) mass is 241 g/mol. The molecule has 0 saturated carbocycles. The first-order chi connectivity index (χ1) is 8.35. The van der Waals surface area contributed by atoms with Crippen molar-refractivity contribution in [2.75, 3.05) is 32.8 Å². The molecule has 0 atom stereocenters. The molecule has 17 heavy (non-hydrogen) atoms. The fourth-order valence-electron chi connectivity index (χ4n) is 2.93. The summed E-state index contributed by atoms with van der Waals surface area (Å²) in [5.41, 5.74) is 0. The van der Waals surface area contributed by atoms with E-state index in [4.69, 9.17) is 9.47 Å². The minimum Gasteiger partial charge on any atom is -0.346 e. The van der Waals surface area contributed by atoms with Crippen LogP contribution in [0.2, 0.25) is 0 Å². The molecule has 2 fully saturated rings. The van der Waals surface area contributed by atoms with E-state index in [1.165, 1.54) is 51.6 Å². The van der Waals surface area contributed by atoms with Crippen molar-refractivity contribution >= 4 is 0 Å². The van der Waals surface area contributed by atoms with Gasteiger partial charge in [-0.1, -0.05) is 32.6 Å². The van der Waals surface area contributed by atoms with E-state index in [0.29, 0.717) is 0 Å². The predicted molar refractivity (Wildman–Crippen MR) is 69.1 cm³/mol. The molecule has 3 heteroatoms. The Kier molecular flexibility index (Phi) is 5.26. The smallest absolute Gasteiger partial charge is 0.181 e. The van der Waals surface area contributed by atoms with Crippen molar-refractivity contribution in [1.29, 1.82) is 0 Å². The lowest BCUT2D eigenvalue weighted by atomic mass is 10.0. The van der Waals surface area contributed by atoms with Crippen molar-refractivity contribution in [3.05, 3.63) is 0 Å². The van der Waals surface area contributed by atoms with E-state index in [1.807, 2.05) is 0 Å². The van der Waals surface area contributed by atoms with Crippen molar-refractivity contribution < 1.29 is 9.47 Å². The zero-order valence-corrected chi connectivity index (χ0v) is 11.2. The summed E-state index contributed by atoms with van der Waals surface area (Å²) in [7, 11) is 0. The molecule has 1 spiro atoms. The second kappa shape index (κ2) is 6.72. The summed E-state index contributed by atoms with van der Waals surface area (Å²) >= 11 is 0. The summed E-state index contributed by atoms with van der Waals surface area (Å²) in [6.07, 6.45) is 9.11. The lowest BCUT2D eigenvalue weighted by molar-refractivity contribution is -0.189. The highest BCUT2D eigenvalue weighted by atomic mass is 16.7. The van der Waals surface area contributed by atoms with Gasteiger partial charge in [0.2, 0.25) is 0 Å². The third-order valence-corrected chi connectivity index (χ3v) is 3.89. The highest BCUT2D eigenvalue weighted by Crippen LogP contribution is 2.30. The minimum absolute atomic E-state index is 0.234. The van der Waals surface area contributed by atoms with Crippen LogP contribution in [0.1, 0.15) is 51.9 Å². The molecule has 2 rings (SSSR count). The van der Waals surface area contributed by atoms with Gasteiger partial charge in [-0.05, 0) is 25.9 Å². The van der Waals surface area contributed by atoms with Crippen molar-refractivity contribution in [3.8, 4) is 0 Å². The molecule has 0 unspecified atom stereocenters. The van der Waals surface area contributed by atoms with Gasteiger partial charge in [0.1, 0.15) is 0 Å². The highest BCUT2D eigenvalue weighted by molar-refractivity contribution is 4.83. The number of hydrogen-bond acceptors (Lipinski definition) is 3. The summed E-state index contributed by atoms with van der Waals surface area (Å²) in [6, 6.07) is 0.